The largest absolute Gasteiger partial charge is 0.135 e. The molecule has 1 aromatic heterocycles. The maximum atomic E-state index is 2.47. The van der Waals surface area contributed by atoms with Crippen LogP contribution in [-0.4, -0.2) is 0 Å². The zero-order chi connectivity index (χ0) is 29.8. The molecule has 0 radical (unpaired) electrons. The van der Waals surface area contributed by atoms with Crippen LogP contribution in [0.1, 0.15) is 30.9 Å². The molecule has 214 valence electrons. The molecule has 0 aliphatic heterocycles. The molecule has 3 atom stereocenters. The molecule has 0 saturated heterocycles. The summed E-state index contributed by atoms with van der Waals surface area (Å²) in [6, 6.07) is 45.9. The molecule has 1 heteroatoms. The summed E-state index contributed by atoms with van der Waals surface area (Å²) in [6.07, 6.45) is 11.8. The van der Waals surface area contributed by atoms with Crippen LogP contribution < -0.4 is 0 Å². The Morgan fingerprint density at radius 1 is 0.578 bits per heavy atom. The van der Waals surface area contributed by atoms with Crippen molar-refractivity contribution in [2.24, 2.45) is 11.3 Å². The fraction of sp³-hybridized carbons (Fsp3) is 0.136. The standard InChI is InChI=1S/C44H32S/c1-43-25-7-6-10-30(43)26-44(27-43)38-16-4-2-11-33(38)36-24-23-31(35-14-9-17-39(44)41(35)36)28-19-21-29(22-20-28)32-13-8-15-37-34-12-3-5-18-40(34)45-42(32)37/h2-25,30H,26-27H2,1H3. The van der Waals surface area contributed by atoms with E-state index in [-0.39, 0.29) is 10.8 Å². The van der Waals surface area contributed by atoms with E-state index in [1.807, 2.05) is 11.3 Å². The Balaban J connectivity index is 1.14. The fourth-order valence-corrected chi connectivity index (χ4v) is 10.4. The highest BCUT2D eigenvalue weighted by molar-refractivity contribution is 7.26. The molecule has 3 unspecified atom stereocenters. The molecule has 3 aliphatic carbocycles. The lowest BCUT2D eigenvalue weighted by Gasteiger charge is -2.39. The third-order valence-electron chi connectivity index (χ3n) is 11.2. The van der Waals surface area contributed by atoms with Crippen molar-refractivity contribution in [1.29, 1.82) is 0 Å². The van der Waals surface area contributed by atoms with Gasteiger partial charge in [0.25, 0.3) is 0 Å². The molecule has 0 N–H and O–H groups in total. The summed E-state index contributed by atoms with van der Waals surface area (Å²) < 4.78 is 2.72. The molecule has 1 heterocycles. The molecule has 7 aromatic rings. The summed E-state index contributed by atoms with van der Waals surface area (Å²) in [4.78, 5) is 0. The molecular weight excluding hydrogens is 561 g/mol. The van der Waals surface area contributed by atoms with E-state index in [0.29, 0.717) is 5.92 Å². The van der Waals surface area contributed by atoms with E-state index in [2.05, 4.69) is 153 Å². The van der Waals surface area contributed by atoms with Gasteiger partial charge in [-0.2, -0.15) is 0 Å². The van der Waals surface area contributed by atoms with Crippen molar-refractivity contribution in [3.05, 3.63) is 157 Å². The van der Waals surface area contributed by atoms with E-state index in [0.717, 1.165) is 12.8 Å². The van der Waals surface area contributed by atoms with Gasteiger partial charge >= 0.3 is 0 Å². The highest BCUT2D eigenvalue weighted by atomic mass is 32.1. The SMILES string of the molecule is CC12C=CC=CC1CC1(C2)c2ccccc2-c2ccc(-c3ccc(-c4cccc5c4sc4ccccc45)cc3)c3cccc1c23. The summed E-state index contributed by atoms with van der Waals surface area (Å²) in [5.41, 5.74) is 11.2. The molecule has 0 amide bonds. The molecule has 1 fully saturated rings. The maximum Gasteiger partial charge on any atom is 0.0433 e. The fourth-order valence-electron chi connectivity index (χ4n) is 9.18. The van der Waals surface area contributed by atoms with Crippen molar-refractivity contribution in [2.75, 3.05) is 0 Å². The van der Waals surface area contributed by atoms with Gasteiger partial charge in [0.2, 0.25) is 0 Å². The average Bonchev–Trinajstić information content (AvgIpc) is 3.63. The van der Waals surface area contributed by atoms with Crippen molar-refractivity contribution in [1.82, 2.24) is 0 Å². The van der Waals surface area contributed by atoms with Crippen LogP contribution in [0.4, 0.5) is 0 Å². The summed E-state index contributed by atoms with van der Waals surface area (Å²) in [6.45, 7) is 2.47. The molecule has 10 rings (SSSR count). The first-order valence-electron chi connectivity index (χ1n) is 16.2. The van der Waals surface area contributed by atoms with Gasteiger partial charge in [0.15, 0.2) is 0 Å². The number of rotatable bonds is 2. The Morgan fingerprint density at radius 2 is 1.27 bits per heavy atom. The second-order valence-corrected chi connectivity index (χ2v) is 14.7. The number of hydrogen-bond acceptors (Lipinski definition) is 1. The van der Waals surface area contributed by atoms with Crippen LogP contribution >= 0.6 is 11.3 Å². The first-order valence-corrected chi connectivity index (χ1v) is 17.0. The van der Waals surface area contributed by atoms with Crippen LogP contribution in [0.15, 0.2) is 146 Å². The monoisotopic (exact) mass is 592 g/mol. The number of fused-ring (bicyclic) bond motifs is 8. The summed E-state index contributed by atoms with van der Waals surface area (Å²) in [5.74, 6) is 0.550. The van der Waals surface area contributed by atoms with E-state index >= 15 is 0 Å². The van der Waals surface area contributed by atoms with Crippen LogP contribution in [-0.2, 0) is 5.41 Å². The molecule has 1 saturated carbocycles. The van der Waals surface area contributed by atoms with Gasteiger partial charge in [0.1, 0.15) is 0 Å². The zero-order valence-corrected chi connectivity index (χ0v) is 26.1. The second kappa shape index (κ2) is 9.16. The molecule has 0 bridgehead atoms. The van der Waals surface area contributed by atoms with Gasteiger partial charge in [-0.25, -0.2) is 0 Å². The van der Waals surface area contributed by atoms with E-state index in [1.54, 1.807) is 0 Å². The van der Waals surface area contributed by atoms with Crippen LogP contribution in [0.25, 0.3) is 64.3 Å². The van der Waals surface area contributed by atoms with E-state index < -0.39 is 0 Å². The predicted molar refractivity (Wildman–Crippen MR) is 193 cm³/mol. The van der Waals surface area contributed by atoms with Gasteiger partial charge in [0.05, 0.1) is 0 Å². The predicted octanol–water partition coefficient (Wildman–Crippen LogP) is 12.4. The lowest BCUT2D eigenvalue weighted by Crippen LogP contribution is -2.29. The highest BCUT2D eigenvalue weighted by Crippen LogP contribution is 2.64. The van der Waals surface area contributed by atoms with Crippen LogP contribution in [0, 0.1) is 11.3 Å². The van der Waals surface area contributed by atoms with Gasteiger partial charge < -0.3 is 0 Å². The lowest BCUT2D eigenvalue weighted by atomic mass is 9.63. The van der Waals surface area contributed by atoms with E-state index in [4.69, 9.17) is 0 Å². The van der Waals surface area contributed by atoms with Gasteiger partial charge in [-0.05, 0) is 85.5 Å². The van der Waals surface area contributed by atoms with Crippen LogP contribution in [0.2, 0.25) is 0 Å². The highest BCUT2D eigenvalue weighted by Gasteiger charge is 2.54. The first kappa shape index (κ1) is 25.6. The zero-order valence-electron chi connectivity index (χ0n) is 25.3. The Hall–Kier alpha value is -4.72. The molecule has 3 aliphatic rings. The lowest BCUT2D eigenvalue weighted by molar-refractivity contribution is 0.353. The van der Waals surface area contributed by atoms with E-state index in [9.17, 15) is 0 Å². The van der Waals surface area contributed by atoms with Crippen LogP contribution in [0.5, 0.6) is 0 Å². The van der Waals surface area contributed by atoms with Crippen molar-refractivity contribution in [2.45, 2.75) is 25.2 Å². The Labute approximate surface area is 268 Å². The Bertz CT molecular complexity index is 2400. The first-order chi connectivity index (χ1) is 22.1. The molecular formula is C44H32S. The van der Waals surface area contributed by atoms with E-state index in [1.165, 1.54) is 75.5 Å². The van der Waals surface area contributed by atoms with Crippen molar-refractivity contribution >= 4 is 42.3 Å². The molecule has 0 nitrogen and oxygen atoms in total. The van der Waals surface area contributed by atoms with Crippen molar-refractivity contribution in [3.63, 3.8) is 0 Å². The minimum absolute atomic E-state index is 0.00690. The maximum absolute atomic E-state index is 2.47. The van der Waals surface area contributed by atoms with Crippen molar-refractivity contribution < 1.29 is 0 Å². The smallest absolute Gasteiger partial charge is 0.0433 e. The Morgan fingerprint density at radius 3 is 2.16 bits per heavy atom. The minimum atomic E-state index is 0.00690. The van der Waals surface area contributed by atoms with Gasteiger partial charge in [-0.1, -0.05) is 146 Å². The quantitative estimate of drug-likeness (QED) is 0.187. The van der Waals surface area contributed by atoms with Crippen molar-refractivity contribution in [3.8, 4) is 33.4 Å². The summed E-state index contributed by atoms with van der Waals surface area (Å²) in [5, 5.41) is 5.51. The molecule has 45 heavy (non-hydrogen) atoms. The van der Waals surface area contributed by atoms with Gasteiger partial charge in [0, 0.05) is 25.6 Å². The van der Waals surface area contributed by atoms with Crippen LogP contribution in [0.3, 0.4) is 0 Å². The number of allylic oxidation sites excluding steroid dienone is 4. The Kier molecular flexibility index (Phi) is 5.21. The molecule has 6 aromatic carbocycles. The summed E-state index contributed by atoms with van der Waals surface area (Å²) >= 11 is 1.90. The second-order valence-electron chi connectivity index (χ2n) is 13.6. The van der Waals surface area contributed by atoms with Gasteiger partial charge in [-0.15, -0.1) is 11.3 Å². The third-order valence-corrected chi connectivity index (χ3v) is 12.4. The number of hydrogen-bond donors (Lipinski definition) is 0. The molecule has 1 spiro atoms. The number of thiophene rings is 1. The average molecular weight is 593 g/mol. The minimum Gasteiger partial charge on any atom is -0.135 e. The summed E-state index contributed by atoms with van der Waals surface area (Å²) in [7, 11) is 0. The van der Waals surface area contributed by atoms with Gasteiger partial charge in [-0.3, -0.25) is 0 Å². The number of benzene rings is 6. The normalized spacial score (nSPS) is 22.8. The topological polar surface area (TPSA) is 0 Å². The third kappa shape index (κ3) is 3.48.